The number of nitrogens with one attached hydrogen (secondary N) is 1. The van der Waals surface area contributed by atoms with Crippen LogP contribution in [0.1, 0.15) is 45.4 Å². The predicted octanol–water partition coefficient (Wildman–Crippen LogP) is 1.44. The third kappa shape index (κ3) is 3.45. The molecule has 0 spiro atoms. The number of hydrogen-bond donors (Lipinski definition) is 2. The van der Waals surface area contributed by atoms with E-state index in [4.69, 9.17) is 10.5 Å². The summed E-state index contributed by atoms with van der Waals surface area (Å²) in [5.41, 5.74) is 5.79. The lowest BCUT2D eigenvalue weighted by molar-refractivity contribution is -0.129. The Morgan fingerprint density at radius 2 is 2.11 bits per heavy atom. The molecule has 1 amide bonds. The van der Waals surface area contributed by atoms with Gasteiger partial charge >= 0.3 is 0 Å². The Morgan fingerprint density at radius 1 is 1.33 bits per heavy atom. The molecule has 0 bridgehead atoms. The van der Waals surface area contributed by atoms with E-state index in [0.29, 0.717) is 18.5 Å². The molecule has 104 valence electrons. The van der Waals surface area contributed by atoms with Crippen LogP contribution < -0.4 is 11.1 Å². The highest BCUT2D eigenvalue weighted by Gasteiger charge is 2.31. The maximum atomic E-state index is 12.3. The van der Waals surface area contributed by atoms with E-state index in [1.54, 1.807) is 0 Å². The predicted molar refractivity (Wildman–Crippen MR) is 71.1 cm³/mol. The molecule has 0 aromatic rings. The van der Waals surface area contributed by atoms with Crippen LogP contribution in [0.4, 0.5) is 0 Å². The molecule has 3 N–H and O–H groups in total. The lowest BCUT2D eigenvalue weighted by atomic mass is 9.78. The molecule has 2 aliphatic rings. The fraction of sp³-hybridized carbons (Fsp3) is 0.929. The van der Waals surface area contributed by atoms with Crippen molar-refractivity contribution in [2.45, 2.75) is 57.6 Å². The minimum Gasteiger partial charge on any atom is -0.378 e. The van der Waals surface area contributed by atoms with Gasteiger partial charge in [0.2, 0.25) is 5.91 Å². The van der Waals surface area contributed by atoms with Crippen LogP contribution in [0.2, 0.25) is 0 Å². The number of hydrogen-bond acceptors (Lipinski definition) is 3. The molecule has 4 nitrogen and oxygen atoms in total. The molecule has 1 aliphatic carbocycles. The van der Waals surface area contributed by atoms with Crippen LogP contribution in [-0.4, -0.2) is 31.2 Å². The molecule has 2 fully saturated rings. The molecule has 4 unspecified atom stereocenters. The molecular formula is C14H26N2O2. The summed E-state index contributed by atoms with van der Waals surface area (Å²) >= 11 is 0. The number of carbonyl (C=O) groups is 1. The van der Waals surface area contributed by atoms with Crippen LogP contribution in [0.15, 0.2) is 0 Å². The van der Waals surface area contributed by atoms with Crippen molar-refractivity contribution in [3.63, 3.8) is 0 Å². The Bertz CT molecular complexity index is 283. The highest BCUT2D eigenvalue weighted by Crippen LogP contribution is 2.29. The molecule has 1 aliphatic heterocycles. The van der Waals surface area contributed by atoms with E-state index in [2.05, 4.69) is 12.2 Å². The van der Waals surface area contributed by atoms with Gasteiger partial charge in [-0.2, -0.15) is 0 Å². The minimum atomic E-state index is 0.141. The van der Waals surface area contributed by atoms with Gasteiger partial charge < -0.3 is 15.8 Å². The molecule has 0 aromatic carbocycles. The SMILES string of the molecule is CC1CC(NC(=O)C2CCCCC2CN)CCO1. The molecule has 2 rings (SSSR count). The first-order valence-electron chi connectivity index (χ1n) is 7.32. The summed E-state index contributed by atoms with van der Waals surface area (Å²) in [6, 6.07) is 0.293. The summed E-state index contributed by atoms with van der Waals surface area (Å²) in [6.45, 7) is 3.47. The van der Waals surface area contributed by atoms with Crippen molar-refractivity contribution in [2.24, 2.45) is 17.6 Å². The second-order valence-corrected chi connectivity index (χ2v) is 5.80. The number of amides is 1. The number of ether oxygens (including phenoxy) is 1. The van der Waals surface area contributed by atoms with Crippen molar-refractivity contribution in [1.29, 1.82) is 0 Å². The highest BCUT2D eigenvalue weighted by atomic mass is 16.5. The van der Waals surface area contributed by atoms with Crippen LogP contribution in [0.5, 0.6) is 0 Å². The Kier molecular flexibility index (Phi) is 5.01. The second kappa shape index (κ2) is 6.53. The van der Waals surface area contributed by atoms with E-state index in [-0.39, 0.29) is 17.9 Å². The zero-order valence-corrected chi connectivity index (χ0v) is 11.4. The minimum absolute atomic E-state index is 0.141. The van der Waals surface area contributed by atoms with Gasteiger partial charge in [-0.05, 0) is 45.1 Å². The summed E-state index contributed by atoms with van der Waals surface area (Å²) in [5, 5.41) is 3.21. The van der Waals surface area contributed by atoms with Gasteiger partial charge in [0, 0.05) is 18.6 Å². The van der Waals surface area contributed by atoms with E-state index in [0.717, 1.165) is 32.3 Å². The van der Waals surface area contributed by atoms with Crippen molar-refractivity contribution in [2.75, 3.05) is 13.2 Å². The van der Waals surface area contributed by atoms with Crippen molar-refractivity contribution < 1.29 is 9.53 Å². The van der Waals surface area contributed by atoms with Gasteiger partial charge in [-0.1, -0.05) is 12.8 Å². The lowest BCUT2D eigenvalue weighted by Crippen LogP contribution is -2.46. The summed E-state index contributed by atoms with van der Waals surface area (Å²) in [7, 11) is 0. The largest absolute Gasteiger partial charge is 0.378 e. The van der Waals surface area contributed by atoms with Gasteiger partial charge in [0.05, 0.1) is 6.10 Å². The van der Waals surface area contributed by atoms with E-state index in [1.807, 2.05) is 0 Å². The lowest BCUT2D eigenvalue weighted by Gasteiger charge is -2.33. The zero-order valence-electron chi connectivity index (χ0n) is 11.4. The molecule has 0 aromatic heterocycles. The first-order chi connectivity index (χ1) is 8.70. The normalized spacial score (nSPS) is 37.2. The maximum Gasteiger partial charge on any atom is 0.223 e. The first kappa shape index (κ1) is 13.8. The average molecular weight is 254 g/mol. The van der Waals surface area contributed by atoms with Gasteiger partial charge in [-0.15, -0.1) is 0 Å². The van der Waals surface area contributed by atoms with E-state index in [9.17, 15) is 4.79 Å². The first-order valence-corrected chi connectivity index (χ1v) is 7.32. The van der Waals surface area contributed by atoms with E-state index < -0.39 is 0 Å². The van der Waals surface area contributed by atoms with Crippen molar-refractivity contribution in [3.05, 3.63) is 0 Å². The highest BCUT2D eigenvalue weighted by molar-refractivity contribution is 5.79. The maximum absolute atomic E-state index is 12.3. The average Bonchev–Trinajstić information content (AvgIpc) is 2.38. The van der Waals surface area contributed by atoms with Crippen LogP contribution in [0.25, 0.3) is 0 Å². The molecule has 4 heteroatoms. The third-order valence-corrected chi connectivity index (χ3v) is 4.38. The Labute approximate surface area is 110 Å². The molecule has 0 radical (unpaired) electrons. The van der Waals surface area contributed by atoms with Gasteiger partial charge in [0.1, 0.15) is 0 Å². The Morgan fingerprint density at radius 3 is 2.83 bits per heavy atom. The van der Waals surface area contributed by atoms with Crippen LogP contribution in [-0.2, 0) is 9.53 Å². The Balaban J connectivity index is 1.85. The van der Waals surface area contributed by atoms with Crippen LogP contribution in [0, 0.1) is 11.8 Å². The topological polar surface area (TPSA) is 64.4 Å². The molecule has 1 heterocycles. The summed E-state index contributed by atoms with van der Waals surface area (Å²) in [5.74, 6) is 0.752. The summed E-state index contributed by atoms with van der Waals surface area (Å²) < 4.78 is 5.51. The van der Waals surface area contributed by atoms with Gasteiger partial charge in [0.15, 0.2) is 0 Å². The molecule has 1 saturated heterocycles. The molecule has 1 saturated carbocycles. The van der Waals surface area contributed by atoms with Gasteiger partial charge in [0.25, 0.3) is 0 Å². The number of carbonyl (C=O) groups excluding carboxylic acids is 1. The smallest absolute Gasteiger partial charge is 0.223 e. The van der Waals surface area contributed by atoms with Crippen LogP contribution in [0.3, 0.4) is 0 Å². The van der Waals surface area contributed by atoms with E-state index >= 15 is 0 Å². The molecule has 18 heavy (non-hydrogen) atoms. The molecular weight excluding hydrogens is 228 g/mol. The van der Waals surface area contributed by atoms with Gasteiger partial charge in [-0.25, -0.2) is 0 Å². The van der Waals surface area contributed by atoms with Crippen LogP contribution >= 0.6 is 0 Å². The van der Waals surface area contributed by atoms with Crippen molar-refractivity contribution >= 4 is 5.91 Å². The molecule has 4 atom stereocenters. The van der Waals surface area contributed by atoms with Crippen molar-refractivity contribution in [3.8, 4) is 0 Å². The third-order valence-electron chi connectivity index (χ3n) is 4.38. The number of nitrogens with two attached hydrogens (primary N) is 1. The van der Waals surface area contributed by atoms with E-state index in [1.165, 1.54) is 12.8 Å². The Hall–Kier alpha value is -0.610. The fourth-order valence-corrected chi connectivity index (χ4v) is 3.27. The second-order valence-electron chi connectivity index (χ2n) is 5.80. The van der Waals surface area contributed by atoms with Crippen molar-refractivity contribution in [1.82, 2.24) is 5.32 Å². The van der Waals surface area contributed by atoms with Gasteiger partial charge in [-0.3, -0.25) is 4.79 Å². The number of rotatable bonds is 3. The summed E-state index contributed by atoms with van der Waals surface area (Å²) in [6.07, 6.45) is 6.65. The summed E-state index contributed by atoms with van der Waals surface area (Å²) in [4.78, 5) is 12.3. The standard InChI is InChI=1S/C14H26N2O2/c1-10-8-12(6-7-18-10)16-14(17)13-5-3-2-4-11(13)9-15/h10-13H,2-9,15H2,1H3,(H,16,17). The fourth-order valence-electron chi connectivity index (χ4n) is 3.27. The quantitative estimate of drug-likeness (QED) is 0.801. The monoisotopic (exact) mass is 254 g/mol. The zero-order chi connectivity index (χ0) is 13.0.